The third-order valence-electron chi connectivity index (χ3n) is 6.68. The standard InChI is InChI=1S/C25H37N5O7/c1-3-14(2)21(27)23(34)29-18(13-15-6-8-16(31)9-7-15)22(33)28-17(10-11-20(26)32)24(35)30-12-4-5-19(30)25(36)37/h6-9,14,17-19,21,31H,3-5,10-13,27H2,1-2H3,(H2,26,32)(H,28,33)(H,29,34)(H,36,37). The third-order valence-corrected chi connectivity index (χ3v) is 6.68. The number of phenols is 1. The van der Waals surface area contributed by atoms with Gasteiger partial charge >= 0.3 is 5.97 Å². The van der Waals surface area contributed by atoms with Crippen molar-refractivity contribution in [2.24, 2.45) is 17.4 Å². The molecule has 0 aromatic heterocycles. The van der Waals surface area contributed by atoms with Crippen LogP contribution in [0.15, 0.2) is 24.3 Å². The van der Waals surface area contributed by atoms with Gasteiger partial charge in [-0.3, -0.25) is 19.2 Å². The molecule has 4 amide bonds. The van der Waals surface area contributed by atoms with Gasteiger partial charge in [0.1, 0.15) is 23.9 Å². The Morgan fingerprint density at radius 1 is 1.08 bits per heavy atom. The molecule has 5 atom stereocenters. The zero-order valence-electron chi connectivity index (χ0n) is 21.2. The Hall–Kier alpha value is -3.67. The van der Waals surface area contributed by atoms with E-state index in [1.807, 2.05) is 13.8 Å². The van der Waals surface area contributed by atoms with E-state index in [9.17, 15) is 34.2 Å². The number of amides is 4. The number of carboxylic acids is 1. The van der Waals surface area contributed by atoms with Crippen molar-refractivity contribution in [3.05, 3.63) is 29.8 Å². The van der Waals surface area contributed by atoms with Crippen molar-refractivity contribution in [2.45, 2.75) is 76.5 Å². The van der Waals surface area contributed by atoms with Crippen LogP contribution in [0.4, 0.5) is 0 Å². The lowest BCUT2D eigenvalue weighted by Crippen LogP contribution is -2.58. The molecule has 0 bridgehead atoms. The normalized spacial score (nSPS) is 18.4. The van der Waals surface area contributed by atoms with Crippen LogP contribution in [0.25, 0.3) is 0 Å². The monoisotopic (exact) mass is 519 g/mol. The first-order chi connectivity index (χ1) is 17.4. The quantitative estimate of drug-likeness (QED) is 0.202. The van der Waals surface area contributed by atoms with E-state index in [0.717, 1.165) is 0 Å². The van der Waals surface area contributed by atoms with Crippen LogP contribution in [0.3, 0.4) is 0 Å². The number of nitrogens with two attached hydrogens (primary N) is 2. The predicted octanol–water partition coefficient (Wildman–Crippen LogP) is -0.381. The fourth-order valence-electron chi connectivity index (χ4n) is 4.16. The number of aromatic hydroxyl groups is 1. The van der Waals surface area contributed by atoms with Crippen molar-refractivity contribution < 1.29 is 34.2 Å². The maximum Gasteiger partial charge on any atom is 0.326 e. The number of benzene rings is 1. The summed E-state index contributed by atoms with van der Waals surface area (Å²) in [5, 5.41) is 24.3. The number of hydrogen-bond acceptors (Lipinski definition) is 7. The fourth-order valence-corrected chi connectivity index (χ4v) is 4.16. The summed E-state index contributed by atoms with van der Waals surface area (Å²) >= 11 is 0. The van der Waals surface area contributed by atoms with Crippen molar-refractivity contribution in [2.75, 3.05) is 6.54 Å². The molecule has 0 saturated carbocycles. The molecule has 2 rings (SSSR count). The van der Waals surface area contributed by atoms with Gasteiger partial charge in [0, 0.05) is 19.4 Å². The Morgan fingerprint density at radius 3 is 2.27 bits per heavy atom. The maximum atomic E-state index is 13.4. The van der Waals surface area contributed by atoms with Crippen LogP contribution in [0.2, 0.25) is 0 Å². The van der Waals surface area contributed by atoms with Crippen LogP contribution in [0.1, 0.15) is 51.5 Å². The van der Waals surface area contributed by atoms with Gasteiger partial charge in [-0.2, -0.15) is 0 Å². The summed E-state index contributed by atoms with van der Waals surface area (Å²) in [6.45, 7) is 3.90. The van der Waals surface area contributed by atoms with E-state index in [1.54, 1.807) is 12.1 Å². The molecule has 5 unspecified atom stereocenters. The number of likely N-dealkylation sites (tertiary alicyclic amines) is 1. The van der Waals surface area contributed by atoms with Crippen molar-refractivity contribution in [1.29, 1.82) is 0 Å². The second-order valence-corrected chi connectivity index (χ2v) is 9.44. The molecule has 1 aliphatic heterocycles. The summed E-state index contributed by atoms with van der Waals surface area (Å²) in [5.74, 6) is -3.83. The Labute approximate surface area is 215 Å². The minimum Gasteiger partial charge on any atom is -0.508 e. The molecular formula is C25H37N5O7. The van der Waals surface area contributed by atoms with E-state index < -0.39 is 53.8 Å². The highest BCUT2D eigenvalue weighted by atomic mass is 16.4. The van der Waals surface area contributed by atoms with Gasteiger partial charge in [0.15, 0.2) is 0 Å². The minimum absolute atomic E-state index is 0.0308. The van der Waals surface area contributed by atoms with Crippen LogP contribution in [-0.4, -0.2) is 75.4 Å². The Kier molecular flexibility index (Phi) is 10.9. The van der Waals surface area contributed by atoms with Crippen molar-refractivity contribution >= 4 is 29.6 Å². The summed E-state index contributed by atoms with van der Waals surface area (Å²) in [7, 11) is 0. The SMILES string of the molecule is CCC(C)C(N)C(=O)NC(Cc1ccc(O)cc1)C(=O)NC(CCC(N)=O)C(=O)N1CCCC1C(=O)O. The lowest BCUT2D eigenvalue weighted by Gasteiger charge is -2.29. The maximum absolute atomic E-state index is 13.4. The van der Waals surface area contributed by atoms with E-state index >= 15 is 0 Å². The molecule has 1 aromatic carbocycles. The van der Waals surface area contributed by atoms with Gasteiger partial charge in [-0.25, -0.2) is 4.79 Å². The van der Waals surface area contributed by atoms with Gasteiger partial charge < -0.3 is 37.2 Å². The first kappa shape index (κ1) is 29.6. The highest BCUT2D eigenvalue weighted by Gasteiger charge is 2.38. The molecule has 1 aromatic rings. The molecule has 37 heavy (non-hydrogen) atoms. The smallest absolute Gasteiger partial charge is 0.326 e. The largest absolute Gasteiger partial charge is 0.508 e. The summed E-state index contributed by atoms with van der Waals surface area (Å²) < 4.78 is 0. The van der Waals surface area contributed by atoms with Crippen molar-refractivity contribution in [1.82, 2.24) is 15.5 Å². The molecule has 8 N–H and O–H groups in total. The topological polar surface area (TPSA) is 205 Å². The molecule has 12 nitrogen and oxygen atoms in total. The molecular weight excluding hydrogens is 482 g/mol. The number of hydrogen-bond donors (Lipinski definition) is 6. The summed E-state index contributed by atoms with van der Waals surface area (Å²) in [6.07, 6.45) is 1.11. The number of carbonyl (C=O) groups is 5. The summed E-state index contributed by atoms with van der Waals surface area (Å²) in [5.41, 5.74) is 11.9. The molecule has 1 heterocycles. The highest BCUT2D eigenvalue weighted by molar-refractivity contribution is 5.94. The van der Waals surface area contributed by atoms with Crippen LogP contribution < -0.4 is 22.1 Å². The van der Waals surface area contributed by atoms with E-state index in [-0.39, 0.29) is 43.9 Å². The Bertz CT molecular complexity index is 984. The lowest BCUT2D eigenvalue weighted by atomic mass is 9.98. The van der Waals surface area contributed by atoms with Gasteiger partial charge in [0.25, 0.3) is 0 Å². The Morgan fingerprint density at radius 2 is 1.70 bits per heavy atom. The number of nitrogens with zero attached hydrogens (tertiary/aromatic N) is 1. The zero-order valence-corrected chi connectivity index (χ0v) is 21.2. The first-order valence-electron chi connectivity index (χ1n) is 12.4. The van der Waals surface area contributed by atoms with Crippen LogP contribution >= 0.6 is 0 Å². The molecule has 1 aliphatic rings. The molecule has 0 radical (unpaired) electrons. The van der Waals surface area contributed by atoms with E-state index in [2.05, 4.69) is 10.6 Å². The van der Waals surface area contributed by atoms with Crippen molar-refractivity contribution in [3.63, 3.8) is 0 Å². The number of nitrogens with one attached hydrogen (secondary N) is 2. The highest BCUT2D eigenvalue weighted by Crippen LogP contribution is 2.20. The molecule has 1 fully saturated rings. The van der Waals surface area contributed by atoms with Gasteiger partial charge in [-0.15, -0.1) is 0 Å². The van der Waals surface area contributed by atoms with E-state index in [1.165, 1.54) is 17.0 Å². The zero-order chi connectivity index (χ0) is 27.7. The van der Waals surface area contributed by atoms with E-state index in [0.29, 0.717) is 18.4 Å². The van der Waals surface area contributed by atoms with Gasteiger partial charge in [0.2, 0.25) is 23.6 Å². The number of carboxylic acid groups (broad SMARTS) is 1. The van der Waals surface area contributed by atoms with Gasteiger partial charge in [0.05, 0.1) is 6.04 Å². The fraction of sp³-hybridized carbons (Fsp3) is 0.560. The molecule has 0 aliphatic carbocycles. The number of aliphatic carboxylic acids is 1. The molecule has 1 saturated heterocycles. The van der Waals surface area contributed by atoms with Crippen molar-refractivity contribution in [3.8, 4) is 5.75 Å². The first-order valence-corrected chi connectivity index (χ1v) is 12.4. The second-order valence-electron chi connectivity index (χ2n) is 9.44. The number of primary amides is 1. The van der Waals surface area contributed by atoms with Crippen LogP contribution in [0.5, 0.6) is 5.75 Å². The van der Waals surface area contributed by atoms with Crippen LogP contribution in [-0.2, 0) is 30.4 Å². The van der Waals surface area contributed by atoms with Crippen LogP contribution in [0, 0.1) is 5.92 Å². The van der Waals surface area contributed by atoms with Gasteiger partial charge in [-0.1, -0.05) is 32.4 Å². The average molecular weight is 520 g/mol. The third kappa shape index (κ3) is 8.45. The second kappa shape index (κ2) is 13.6. The minimum atomic E-state index is -1.22. The summed E-state index contributed by atoms with van der Waals surface area (Å²) in [6, 6.07) is 1.81. The summed E-state index contributed by atoms with van der Waals surface area (Å²) in [4.78, 5) is 63.6. The molecule has 0 spiro atoms. The number of phenolic OH excluding ortho intramolecular Hbond substituents is 1. The average Bonchev–Trinajstić information content (AvgIpc) is 3.36. The molecule has 12 heteroatoms. The Balaban J connectivity index is 2.28. The predicted molar refractivity (Wildman–Crippen MR) is 134 cm³/mol. The van der Waals surface area contributed by atoms with E-state index in [4.69, 9.17) is 11.5 Å². The van der Waals surface area contributed by atoms with Gasteiger partial charge in [-0.05, 0) is 42.9 Å². The lowest BCUT2D eigenvalue weighted by molar-refractivity contribution is -0.149. The number of rotatable bonds is 13. The number of carbonyl (C=O) groups excluding carboxylic acids is 4. The molecule has 204 valence electrons.